The SMILES string of the molecule is N#Cc1ccc(S(=O)(=O)N2CCC(Nc3cccc(S(=O)(=O)C(F)(F)F)c3)CC2)cc1. The highest BCUT2D eigenvalue weighted by Crippen LogP contribution is 2.32. The molecular weight excluding hydrogens is 455 g/mol. The predicted molar refractivity (Wildman–Crippen MR) is 106 cm³/mol. The van der Waals surface area contributed by atoms with Crippen molar-refractivity contribution in [2.75, 3.05) is 18.4 Å². The van der Waals surface area contributed by atoms with Crippen LogP contribution in [0.2, 0.25) is 0 Å². The van der Waals surface area contributed by atoms with Crippen LogP contribution in [-0.4, -0.2) is 45.8 Å². The molecule has 0 bridgehead atoms. The highest BCUT2D eigenvalue weighted by atomic mass is 32.2. The molecule has 0 radical (unpaired) electrons. The number of halogens is 3. The first-order chi connectivity index (χ1) is 14.4. The van der Waals surface area contributed by atoms with Crippen molar-refractivity contribution in [3.8, 4) is 6.07 Å². The lowest BCUT2D eigenvalue weighted by Gasteiger charge is -2.32. The van der Waals surface area contributed by atoms with E-state index in [2.05, 4.69) is 5.32 Å². The Morgan fingerprint density at radius 3 is 2.13 bits per heavy atom. The van der Waals surface area contributed by atoms with E-state index < -0.39 is 30.3 Å². The molecule has 0 atom stereocenters. The van der Waals surface area contributed by atoms with Gasteiger partial charge in [-0.15, -0.1) is 0 Å². The molecule has 166 valence electrons. The molecule has 3 rings (SSSR count). The first-order valence-corrected chi connectivity index (χ1v) is 12.1. The molecule has 7 nitrogen and oxygen atoms in total. The largest absolute Gasteiger partial charge is 0.501 e. The smallest absolute Gasteiger partial charge is 0.382 e. The van der Waals surface area contributed by atoms with Crippen LogP contribution in [0, 0.1) is 11.3 Å². The van der Waals surface area contributed by atoms with Gasteiger partial charge in [-0.25, -0.2) is 16.8 Å². The van der Waals surface area contributed by atoms with Crippen LogP contribution in [0.4, 0.5) is 18.9 Å². The van der Waals surface area contributed by atoms with E-state index in [1.807, 2.05) is 6.07 Å². The standard InChI is InChI=1S/C19H18F3N3O4S2/c20-19(21,22)30(26,27)18-3-1-2-16(12-18)24-15-8-10-25(11-9-15)31(28,29)17-6-4-14(13-23)5-7-17/h1-7,12,15,24H,8-11H2. The molecule has 0 spiro atoms. The number of alkyl halides is 3. The van der Waals surface area contributed by atoms with Gasteiger partial charge in [0.2, 0.25) is 10.0 Å². The van der Waals surface area contributed by atoms with Gasteiger partial charge in [-0.1, -0.05) is 6.07 Å². The lowest BCUT2D eigenvalue weighted by atomic mass is 10.1. The van der Waals surface area contributed by atoms with Gasteiger partial charge in [-0.3, -0.25) is 0 Å². The third-order valence-electron chi connectivity index (χ3n) is 4.89. The van der Waals surface area contributed by atoms with Gasteiger partial charge < -0.3 is 5.32 Å². The maximum Gasteiger partial charge on any atom is 0.501 e. The van der Waals surface area contributed by atoms with Crippen molar-refractivity contribution in [2.24, 2.45) is 0 Å². The van der Waals surface area contributed by atoms with Gasteiger partial charge in [0.25, 0.3) is 9.84 Å². The number of sulfone groups is 1. The maximum atomic E-state index is 12.8. The van der Waals surface area contributed by atoms with Crippen molar-refractivity contribution >= 4 is 25.5 Å². The third-order valence-corrected chi connectivity index (χ3v) is 8.29. The molecule has 0 unspecified atom stereocenters. The van der Waals surface area contributed by atoms with Gasteiger partial charge in [0, 0.05) is 24.8 Å². The molecule has 0 saturated carbocycles. The molecule has 0 aromatic heterocycles. The minimum Gasteiger partial charge on any atom is -0.382 e. The Bertz CT molecular complexity index is 1200. The van der Waals surface area contributed by atoms with Gasteiger partial charge in [-0.2, -0.15) is 22.7 Å². The molecule has 2 aromatic carbocycles. The van der Waals surface area contributed by atoms with E-state index in [9.17, 15) is 30.0 Å². The molecule has 2 aromatic rings. The second kappa shape index (κ2) is 8.49. The average molecular weight is 473 g/mol. The van der Waals surface area contributed by atoms with Crippen molar-refractivity contribution in [1.29, 1.82) is 5.26 Å². The van der Waals surface area contributed by atoms with E-state index in [-0.39, 0.29) is 29.7 Å². The zero-order valence-electron chi connectivity index (χ0n) is 16.0. The van der Waals surface area contributed by atoms with Crippen LogP contribution >= 0.6 is 0 Å². The molecule has 0 amide bonds. The summed E-state index contributed by atoms with van der Waals surface area (Å²) >= 11 is 0. The van der Waals surface area contributed by atoms with Gasteiger partial charge in [0.05, 0.1) is 21.4 Å². The zero-order chi connectivity index (χ0) is 22.9. The van der Waals surface area contributed by atoms with E-state index >= 15 is 0 Å². The molecule has 1 aliphatic heterocycles. The Labute approximate surface area is 178 Å². The molecule has 1 aliphatic rings. The number of rotatable bonds is 5. The van der Waals surface area contributed by atoms with Crippen LogP contribution in [0.3, 0.4) is 0 Å². The van der Waals surface area contributed by atoms with E-state index in [0.29, 0.717) is 18.4 Å². The van der Waals surface area contributed by atoms with Crippen LogP contribution in [-0.2, 0) is 19.9 Å². The Morgan fingerprint density at radius 1 is 0.968 bits per heavy atom. The summed E-state index contributed by atoms with van der Waals surface area (Å²) in [6, 6.07) is 11.7. The molecule has 1 fully saturated rings. The van der Waals surface area contributed by atoms with Crippen molar-refractivity contribution in [3.63, 3.8) is 0 Å². The fraction of sp³-hybridized carbons (Fsp3) is 0.316. The normalized spacial score (nSPS) is 16.6. The number of hydrogen-bond donors (Lipinski definition) is 1. The number of nitrogens with one attached hydrogen (secondary N) is 1. The summed E-state index contributed by atoms with van der Waals surface area (Å²) in [4.78, 5) is -0.784. The molecule has 12 heteroatoms. The predicted octanol–water partition coefficient (Wildman–Crippen LogP) is 3.12. The molecule has 31 heavy (non-hydrogen) atoms. The van der Waals surface area contributed by atoms with Crippen molar-refractivity contribution in [2.45, 2.75) is 34.2 Å². The minimum atomic E-state index is -5.45. The average Bonchev–Trinajstić information content (AvgIpc) is 2.73. The second-order valence-corrected chi connectivity index (χ2v) is 10.8. The number of sulfonamides is 1. The molecule has 0 aliphatic carbocycles. The van der Waals surface area contributed by atoms with E-state index in [1.54, 1.807) is 0 Å². The van der Waals surface area contributed by atoms with E-state index in [0.717, 1.165) is 12.1 Å². The van der Waals surface area contributed by atoms with Crippen LogP contribution in [0.1, 0.15) is 18.4 Å². The Hall–Kier alpha value is -2.62. The quantitative estimate of drug-likeness (QED) is 0.715. The summed E-state index contributed by atoms with van der Waals surface area (Å²) in [6.45, 7) is 0.362. The van der Waals surface area contributed by atoms with Gasteiger partial charge >= 0.3 is 5.51 Å². The zero-order valence-corrected chi connectivity index (χ0v) is 17.6. The number of anilines is 1. The fourth-order valence-corrected chi connectivity index (χ4v) is 5.49. The number of nitrogens with zero attached hydrogens (tertiary/aromatic N) is 2. The van der Waals surface area contributed by atoms with Crippen LogP contribution < -0.4 is 5.32 Å². The highest BCUT2D eigenvalue weighted by molar-refractivity contribution is 7.92. The summed E-state index contributed by atoms with van der Waals surface area (Å²) in [6.07, 6.45) is 0.761. The monoisotopic (exact) mass is 473 g/mol. The van der Waals surface area contributed by atoms with Crippen LogP contribution in [0.5, 0.6) is 0 Å². The lowest BCUT2D eigenvalue weighted by molar-refractivity contribution is -0.0436. The van der Waals surface area contributed by atoms with Gasteiger partial charge in [0.1, 0.15) is 0 Å². The number of piperidine rings is 1. The van der Waals surface area contributed by atoms with Crippen molar-refractivity contribution in [3.05, 3.63) is 54.1 Å². The molecule has 1 saturated heterocycles. The topological polar surface area (TPSA) is 107 Å². The van der Waals surface area contributed by atoms with Gasteiger partial charge in [0.15, 0.2) is 0 Å². The van der Waals surface area contributed by atoms with Crippen LogP contribution in [0.15, 0.2) is 58.3 Å². The summed E-state index contributed by atoms with van der Waals surface area (Å²) in [7, 11) is -9.19. The van der Waals surface area contributed by atoms with E-state index in [1.165, 1.54) is 40.7 Å². The number of nitriles is 1. The third kappa shape index (κ3) is 4.84. The summed E-state index contributed by atoms with van der Waals surface area (Å²) < 4.78 is 88.2. The van der Waals surface area contributed by atoms with Crippen molar-refractivity contribution in [1.82, 2.24) is 4.31 Å². The first kappa shape index (κ1) is 23.1. The summed E-state index contributed by atoms with van der Waals surface area (Å²) in [5, 5.41) is 11.8. The highest BCUT2D eigenvalue weighted by Gasteiger charge is 2.46. The Morgan fingerprint density at radius 2 is 1.58 bits per heavy atom. The summed E-state index contributed by atoms with van der Waals surface area (Å²) in [5.74, 6) is 0. The molecule has 1 heterocycles. The summed E-state index contributed by atoms with van der Waals surface area (Å²) in [5.41, 5.74) is -4.84. The lowest BCUT2D eigenvalue weighted by Crippen LogP contribution is -2.42. The Kier molecular flexibility index (Phi) is 6.31. The van der Waals surface area contributed by atoms with Crippen molar-refractivity contribution < 1.29 is 30.0 Å². The Balaban J connectivity index is 1.67. The second-order valence-electron chi connectivity index (χ2n) is 6.94. The number of hydrogen-bond acceptors (Lipinski definition) is 6. The minimum absolute atomic E-state index is 0.0722. The van der Waals surface area contributed by atoms with Gasteiger partial charge in [-0.05, 0) is 55.3 Å². The maximum absolute atomic E-state index is 12.8. The molecule has 1 N–H and O–H groups in total. The fourth-order valence-electron chi connectivity index (χ4n) is 3.21. The number of benzene rings is 2. The van der Waals surface area contributed by atoms with E-state index in [4.69, 9.17) is 5.26 Å². The first-order valence-electron chi connectivity index (χ1n) is 9.13. The van der Waals surface area contributed by atoms with Crippen LogP contribution in [0.25, 0.3) is 0 Å². The molecular formula is C19H18F3N3O4S2.